The Morgan fingerprint density at radius 2 is 1.25 bits per heavy atom. The summed E-state index contributed by atoms with van der Waals surface area (Å²) in [6.07, 6.45) is 0. The molecule has 46 valence electrons. The molecule has 0 aliphatic heterocycles. The van der Waals surface area contributed by atoms with Crippen LogP contribution in [0.5, 0.6) is 0 Å². The van der Waals surface area contributed by atoms with Crippen molar-refractivity contribution >= 4 is 6.47 Å². The van der Waals surface area contributed by atoms with Crippen molar-refractivity contribution in [3.05, 3.63) is 13.8 Å². The molecule has 0 saturated heterocycles. The van der Waals surface area contributed by atoms with Crippen molar-refractivity contribution in [2.75, 3.05) is 0 Å². The van der Waals surface area contributed by atoms with E-state index in [-0.39, 0.29) is 26.0 Å². The molecule has 0 bridgehead atoms. The van der Waals surface area contributed by atoms with Gasteiger partial charge in [-0.25, -0.2) is 0 Å². The molecule has 0 radical (unpaired) electrons. The van der Waals surface area contributed by atoms with Crippen LogP contribution < -0.4 is 0 Å². The van der Waals surface area contributed by atoms with E-state index in [1.165, 1.54) is 0 Å². The van der Waals surface area contributed by atoms with Crippen LogP contribution in [0.1, 0.15) is 13.8 Å². The summed E-state index contributed by atoms with van der Waals surface area (Å²) in [5.41, 5.74) is 0. The Hall–Kier alpha value is 0.0934. The predicted octanol–water partition coefficient (Wildman–Crippen LogP) is 1.38. The summed E-state index contributed by atoms with van der Waals surface area (Å²) in [4.78, 5) is 8.36. The predicted molar refractivity (Wildman–Crippen MR) is 30.8 cm³/mol. The van der Waals surface area contributed by atoms with E-state index in [0.29, 0.717) is 0 Å². The monoisotopic (exact) mass is 168 g/mol. The Labute approximate surface area is 64.0 Å². The molecule has 0 rings (SSSR count). The zero-order valence-electron chi connectivity index (χ0n) is 5.55. The van der Waals surface area contributed by atoms with Crippen LogP contribution in [-0.2, 0) is 24.3 Å². The second kappa shape index (κ2) is 220. The van der Waals surface area contributed by atoms with E-state index in [1.54, 1.807) is 13.8 Å². The van der Waals surface area contributed by atoms with E-state index >= 15 is 0 Å². The molecule has 8 heavy (non-hydrogen) atoms. The molecule has 3 heteroatoms. The zero-order chi connectivity index (χ0) is 6.71. The summed E-state index contributed by atoms with van der Waals surface area (Å²) < 4.78 is 0. The van der Waals surface area contributed by atoms with E-state index < -0.39 is 0 Å². The fourth-order valence-corrected chi connectivity index (χ4v) is 0. The van der Waals surface area contributed by atoms with Gasteiger partial charge in [0, 0.05) is 0 Å². The van der Waals surface area contributed by atoms with E-state index in [4.69, 9.17) is 9.90 Å². The average molecular weight is 170 g/mol. The van der Waals surface area contributed by atoms with Gasteiger partial charge < -0.3 is 19.0 Å². The maximum Gasteiger partial charge on any atom is 2.00 e. The van der Waals surface area contributed by atoms with E-state index in [1.807, 2.05) is 0 Å². The summed E-state index contributed by atoms with van der Waals surface area (Å²) in [6.45, 7) is 9.75. The molecule has 0 heterocycles. The summed E-state index contributed by atoms with van der Waals surface area (Å²) in [5.74, 6) is 0. The standard InChI is InChI=1S/2C2H5.CH2O2.Zn/c2*1-2;2-1-3;/h2*1H2,2H3;1H,(H,2,3);/q2*-1;;+2. The molecule has 1 N–H and O–H groups in total. The summed E-state index contributed by atoms with van der Waals surface area (Å²) in [7, 11) is 0. The molecule has 0 aliphatic carbocycles. The van der Waals surface area contributed by atoms with Crippen LogP contribution in [-0.4, -0.2) is 11.6 Å². The van der Waals surface area contributed by atoms with E-state index in [9.17, 15) is 0 Å². The minimum Gasteiger partial charge on any atom is -0.483 e. The minimum absolute atomic E-state index is 0. The molecule has 0 aromatic carbocycles. The Kier molecular flexibility index (Phi) is 669. The van der Waals surface area contributed by atoms with Crippen molar-refractivity contribution in [2.45, 2.75) is 13.8 Å². The first-order chi connectivity index (χ1) is 3.41. The molecule has 0 amide bonds. The third-order valence-electron chi connectivity index (χ3n) is 0. The van der Waals surface area contributed by atoms with Crippen molar-refractivity contribution in [1.82, 2.24) is 0 Å². The Morgan fingerprint density at radius 1 is 1.25 bits per heavy atom. The molecule has 0 aromatic rings. The van der Waals surface area contributed by atoms with Crippen LogP contribution in [0.15, 0.2) is 0 Å². The number of hydrogen-bond donors (Lipinski definition) is 1. The molecule has 0 atom stereocenters. The van der Waals surface area contributed by atoms with Crippen LogP contribution in [0, 0.1) is 13.8 Å². The van der Waals surface area contributed by atoms with Gasteiger partial charge in [0.1, 0.15) is 0 Å². The topological polar surface area (TPSA) is 37.3 Å². The normalized spacial score (nSPS) is 3.00. The van der Waals surface area contributed by atoms with Gasteiger partial charge in [-0.3, -0.25) is 4.79 Å². The first-order valence-electron chi connectivity index (χ1n) is 1.91. The second-order valence-corrected chi connectivity index (χ2v) is 0.105. The number of carbonyl (C=O) groups is 1. The van der Waals surface area contributed by atoms with Crippen LogP contribution >= 0.6 is 0 Å². The molecule has 0 aliphatic rings. The van der Waals surface area contributed by atoms with E-state index in [0.717, 1.165) is 0 Å². The largest absolute Gasteiger partial charge is 2.00 e. The Balaban J connectivity index is -0.0000000147. The van der Waals surface area contributed by atoms with Gasteiger partial charge in [0.15, 0.2) is 0 Å². The van der Waals surface area contributed by atoms with Crippen LogP contribution in [0.2, 0.25) is 0 Å². The molecule has 0 aromatic heterocycles. The summed E-state index contributed by atoms with van der Waals surface area (Å²) in [5, 5.41) is 6.89. The second-order valence-electron chi connectivity index (χ2n) is 0.105. The molecule has 0 saturated carbocycles. The smallest absolute Gasteiger partial charge is 0.483 e. The quantitative estimate of drug-likeness (QED) is 0.338. The fourth-order valence-electron chi connectivity index (χ4n) is 0. The maximum atomic E-state index is 8.36. The minimum atomic E-state index is -0.250. The fraction of sp³-hybridized carbons (Fsp3) is 0.400. The van der Waals surface area contributed by atoms with Crippen molar-refractivity contribution in [2.24, 2.45) is 0 Å². The van der Waals surface area contributed by atoms with Gasteiger partial charge in [0.05, 0.1) is 0 Å². The van der Waals surface area contributed by atoms with Crippen LogP contribution in [0.4, 0.5) is 0 Å². The van der Waals surface area contributed by atoms with Crippen LogP contribution in [0.3, 0.4) is 0 Å². The first-order valence-corrected chi connectivity index (χ1v) is 1.91. The van der Waals surface area contributed by atoms with Gasteiger partial charge >= 0.3 is 19.5 Å². The molecular weight excluding hydrogens is 157 g/mol. The molecule has 0 unspecified atom stereocenters. The SMILES string of the molecule is O=CO.[CH2-]C.[CH2-]C.[Zn+2]. The Bertz CT molecular complexity index is 17.9. The zero-order valence-corrected chi connectivity index (χ0v) is 8.52. The third-order valence-corrected chi connectivity index (χ3v) is 0. The van der Waals surface area contributed by atoms with Gasteiger partial charge in [-0.2, -0.15) is 13.8 Å². The van der Waals surface area contributed by atoms with Gasteiger partial charge in [-0.1, -0.05) is 0 Å². The van der Waals surface area contributed by atoms with Gasteiger partial charge in [0.2, 0.25) is 0 Å². The Morgan fingerprint density at radius 3 is 1.25 bits per heavy atom. The average Bonchev–Trinajstić information content (AvgIpc) is 1.78. The van der Waals surface area contributed by atoms with Gasteiger partial charge in [-0.05, 0) is 0 Å². The van der Waals surface area contributed by atoms with Crippen molar-refractivity contribution in [3.63, 3.8) is 0 Å². The molecule has 0 spiro atoms. The summed E-state index contributed by atoms with van der Waals surface area (Å²) in [6, 6.07) is 0. The molecular formula is C5H12O2Zn. The van der Waals surface area contributed by atoms with Crippen LogP contribution in [0.25, 0.3) is 0 Å². The summed E-state index contributed by atoms with van der Waals surface area (Å²) >= 11 is 0. The van der Waals surface area contributed by atoms with Crippen molar-refractivity contribution < 1.29 is 29.4 Å². The first kappa shape index (κ1) is 24.3. The van der Waals surface area contributed by atoms with Crippen molar-refractivity contribution in [3.8, 4) is 0 Å². The third kappa shape index (κ3) is 18100. The van der Waals surface area contributed by atoms with E-state index in [2.05, 4.69) is 13.8 Å². The molecule has 0 fully saturated rings. The maximum absolute atomic E-state index is 8.36. The van der Waals surface area contributed by atoms with Gasteiger partial charge in [0.25, 0.3) is 6.47 Å². The number of hydrogen-bond acceptors (Lipinski definition) is 1. The number of carboxylic acid groups (broad SMARTS) is 1. The number of rotatable bonds is 0. The van der Waals surface area contributed by atoms with Gasteiger partial charge in [-0.15, -0.1) is 0 Å². The van der Waals surface area contributed by atoms with Crippen molar-refractivity contribution in [1.29, 1.82) is 0 Å². The molecule has 2 nitrogen and oxygen atoms in total.